The van der Waals surface area contributed by atoms with E-state index >= 15 is 0 Å². The number of rotatable bonds is 11. The van der Waals surface area contributed by atoms with Crippen LogP contribution in [0.4, 0.5) is 10.7 Å². The van der Waals surface area contributed by atoms with Crippen LogP contribution in [-0.2, 0) is 16.1 Å². The zero-order chi connectivity index (χ0) is 29.4. The van der Waals surface area contributed by atoms with Crippen LogP contribution in [0.25, 0.3) is 17.2 Å². The van der Waals surface area contributed by atoms with Crippen molar-refractivity contribution in [3.63, 3.8) is 0 Å². The molecule has 1 N–H and O–H groups in total. The van der Waals surface area contributed by atoms with Gasteiger partial charge in [0.15, 0.2) is 11.5 Å². The number of amides is 1. The van der Waals surface area contributed by atoms with E-state index in [1.807, 2.05) is 12.1 Å². The molecule has 210 valence electrons. The maximum absolute atomic E-state index is 12.8. The highest BCUT2D eigenvalue weighted by atomic mass is 35.5. The number of thiophene rings is 1. The average molecular weight is 593 g/mol. The van der Waals surface area contributed by atoms with Crippen LogP contribution >= 0.6 is 22.9 Å². The standard InChI is InChI=1S/C30H25ClN2O7S/c1-3-39-30(35)28-24(21-5-4-6-23(16-21)33(36)37)18-41-29(28)32-27(34)14-10-19-9-13-25(26(15-19)38-2)40-17-20-7-11-22(31)12-8-20/h4-16,18H,3,17H2,1-2H3,(H,32,34)/b14-10+. The van der Waals surface area contributed by atoms with Gasteiger partial charge in [0.1, 0.15) is 17.2 Å². The van der Waals surface area contributed by atoms with Gasteiger partial charge in [-0.25, -0.2) is 4.79 Å². The van der Waals surface area contributed by atoms with Crippen molar-refractivity contribution in [1.82, 2.24) is 0 Å². The second-order valence-electron chi connectivity index (χ2n) is 8.53. The monoisotopic (exact) mass is 592 g/mol. The Hall–Kier alpha value is -4.67. The number of hydrogen-bond donors (Lipinski definition) is 1. The molecule has 3 aromatic carbocycles. The van der Waals surface area contributed by atoms with E-state index in [2.05, 4.69) is 5.32 Å². The molecule has 0 aliphatic carbocycles. The summed E-state index contributed by atoms with van der Waals surface area (Å²) in [5.74, 6) is -0.0974. The molecule has 0 aliphatic rings. The SMILES string of the molecule is CCOC(=O)c1c(-c2cccc([N+](=O)[O-])c2)csc1NC(=O)/C=C/c1ccc(OCc2ccc(Cl)cc2)c(OC)c1. The third kappa shape index (κ3) is 7.50. The lowest BCUT2D eigenvalue weighted by atomic mass is 10.0. The fraction of sp³-hybridized carbons (Fsp3) is 0.133. The second-order valence-corrected chi connectivity index (χ2v) is 9.85. The molecule has 0 aliphatic heterocycles. The number of carbonyl (C=O) groups is 2. The molecular formula is C30H25ClN2O7S. The summed E-state index contributed by atoms with van der Waals surface area (Å²) < 4.78 is 16.5. The third-order valence-corrected chi connectivity index (χ3v) is 6.95. The molecule has 1 aromatic heterocycles. The fourth-order valence-corrected chi connectivity index (χ4v) is 4.92. The molecule has 0 saturated carbocycles. The zero-order valence-corrected chi connectivity index (χ0v) is 23.7. The summed E-state index contributed by atoms with van der Waals surface area (Å²) in [7, 11) is 1.53. The van der Waals surface area contributed by atoms with Gasteiger partial charge in [-0.15, -0.1) is 11.3 Å². The molecule has 4 rings (SSSR count). The van der Waals surface area contributed by atoms with Gasteiger partial charge in [0, 0.05) is 34.2 Å². The summed E-state index contributed by atoms with van der Waals surface area (Å²) in [6, 6.07) is 18.5. The van der Waals surface area contributed by atoms with E-state index in [0.717, 1.165) is 16.9 Å². The Kier molecular flexibility index (Phi) is 9.73. The van der Waals surface area contributed by atoms with E-state index in [0.29, 0.717) is 39.8 Å². The van der Waals surface area contributed by atoms with Crippen LogP contribution in [0.2, 0.25) is 5.02 Å². The van der Waals surface area contributed by atoms with Crippen molar-refractivity contribution < 1.29 is 28.7 Å². The lowest BCUT2D eigenvalue weighted by molar-refractivity contribution is -0.384. The lowest BCUT2D eigenvalue weighted by Gasteiger charge is -2.11. The highest BCUT2D eigenvalue weighted by Crippen LogP contribution is 2.37. The van der Waals surface area contributed by atoms with Crippen LogP contribution in [-0.4, -0.2) is 30.5 Å². The molecule has 0 fully saturated rings. The molecule has 41 heavy (non-hydrogen) atoms. The zero-order valence-electron chi connectivity index (χ0n) is 22.1. The number of nitro groups is 1. The van der Waals surface area contributed by atoms with E-state index in [9.17, 15) is 19.7 Å². The Bertz CT molecular complexity index is 1600. The van der Waals surface area contributed by atoms with Crippen molar-refractivity contribution in [2.45, 2.75) is 13.5 Å². The lowest BCUT2D eigenvalue weighted by Crippen LogP contribution is -2.12. The van der Waals surface area contributed by atoms with Crippen molar-refractivity contribution >= 4 is 51.6 Å². The highest BCUT2D eigenvalue weighted by molar-refractivity contribution is 7.15. The van der Waals surface area contributed by atoms with Gasteiger partial charge < -0.3 is 19.5 Å². The number of benzene rings is 3. The first-order valence-corrected chi connectivity index (χ1v) is 13.6. The van der Waals surface area contributed by atoms with Gasteiger partial charge in [0.25, 0.3) is 5.69 Å². The van der Waals surface area contributed by atoms with E-state index in [1.165, 1.54) is 31.4 Å². The normalized spacial score (nSPS) is 10.8. The maximum atomic E-state index is 12.8. The van der Waals surface area contributed by atoms with E-state index in [1.54, 1.807) is 54.8 Å². The number of carbonyl (C=O) groups excluding carboxylic acids is 2. The van der Waals surface area contributed by atoms with Gasteiger partial charge in [-0.2, -0.15) is 0 Å². The predicted molar refractivity (Wildman–Crippen MR) is 159 cm³/mol. The summed E-state index contributed by atoms with van der Waals surface area (Å²) in [6.45, 7) is 2.12. The fourth-order valence-electron chi connectivity index (χ4n) is 3.83. The Morgan fingerprint density at radius 2 is 1.85 bits per heavy atom. The topological polar surface area (TPSA) is 117 Å². The molecule has 0 atom stereocenters. The number of non-ortho nitro benzene ring substituents is 1. The molecular weight excluding hydrogens is 568 g/mol. The summed E-state index contributed by atoms with van der Waals surface area (Å²) in [6.07, 6.45) is 2.92. The van der Waals surface area contributed by atoms with E-state index in [-0.39, 0.29) is 22.9 Å². The van der Waals surface area contributed by atoms with Crippen molar-refractivity contribution in [2.75, 3.05) is 19.0 Å². The van der Waals surface area contributed by atoms with Crippen molar-refractivity contribution in [2.24, 2.45) is 0 Å². The van der Waals surface area contributed by atoms with Gasteiger partial charge in [-0.05, 0) is 54.0 Å². The number of nitro benzene ring substituents is 1. The van der Waals surface area contributed by atoms with Gasteiger partial charge in [-0.3, -0.25) is 14.9 Å². The number of nitrogens with one attached hydrogen (secondary N) is 1. The number of halogens is 1. The van der Waals surface area contributed by atoms with Crippen LogP contribution in [0.5, 0.6) is 11.5 Å². The minimum Gasteiger partial charge on any atom is -0.493 e. The molecule has 1 amide bonds. The number of nitrogens with zero attached hydrogens (tertiary/aromatic N) is 1. The van der Waals surface area contributed by atoms with Gasteiger partial charge in [0.05, 0.1) is 18.6 Å². The molecule has 4 aromatic rings. The minimum atomic E-state index is -0.645. The van der Waals surface area contributed by atoms with Crippen molar-refractivity contribution in [3.8, 4) is 22.6 Å². The smallest absolute Gasteiger partial charge is 0.341 e. The maximum Gasteiger partial charge on any atom is 0.341 e. The summed E-state index contributed by atoms with van der Waals surface area (Å²) in [4.78, 5) is 36.4. The highest BCUT2D eigenvalue weighted by Gasteiger charge is 2.23. The molecule has 0 radical (unpaired) electrons. The Morgan fingerprint density at radius 3 is 2.56 bits per heavy atom. The summed E-state index contributed by atoms with van der Waals surface area (Å²) in [5.41, 5.74) is 2.53. The molecule has 11 heteroatoms. The number of hydrogen-bond acceptors (Lipinski definition) is 8. The largest absolute Gasteiger partial charge is 0.493 e. The van der Waals surface area contributed by atoms with Crippen LogP contribution in [0.1, 0.15) is 28.4 Å². The summed E-state index contributed by atoms with van der Waals surface area (Å²) >= 11 is 7.05. The Labute approximate surface area is 245 Å². The third-order valence-electron chi connectivity index (χ3n) is 5.80. The Balaban J connectivity index is 1.50. The van der Waals surface area contributed by atoms with Crippen LogP contribution in [0.15, 0.2) is 78.2 Å². The van der Waals surface area contributed by atoms with Crippen molar-refractivity contribution in [3.05, 3.63) is 110 Å². The quantitative estimate of drug-likeness (QED) is 0.0834. The van der Waals surface area contributed by atoms with E-state index in [4.69, 9.17) is 25.8 Å². The van der Waals surface area contributed by atoms with Crippen LogP contribution < -0.4 is 14.8 Å². The molecule has 0 spiro atoms. The number of anilines is 1. The Morgan fingerprint density at radius 1 is 1.07 bits per heavy atom. The second kappa shape index (κ2) is 13.6. The number of methoxy groups -OCH3 is 1. The molecule has 9 nitrogen and oxygen atoms in total. The van der Waals surface area contributed by atoms with E-state index < -0.39 is 16.8 Å². The first kappa shape index (κ1) is 29.3. The van der Waals surface area contributed by atoms with Gasteiger partial charge in [0.2, 0.25) is 5.91 Å². The first-order valence-electron chi connectivity index (χ1n) is 12.4. The van der Waals surface area contributed by atoms with Crippen molar-refractivity contribution in [1.29, 1.82) is 0 Å². The number of ether oxygens (including phenoxy) is 3. The van der Waals surface area contributed by atoms with Gasteiger partial charge >= 0.3 is 5.97 Å². The molecule has 1 heterocycles. The molecule has 0 unspecified atom stereocenters. The average Bonchev–Trinajstić information content (AvgIpc) is 3.39. The summed E-state index contributed by atoms with van der Waals surface area (Å²) in [5, 5.41) is 16.5. The molecule has 0 bridgehead atoms. The van der Waals surface area contributed by atoms with Crippen LogP contribution in [0.3, 0.4) is 0 Å². The number of esters is 1. The first-order chi connectivity index (χ1) is 19.8. The predicted octanol–water partition coefficient (Wildman–Crippen LogP) is 7.39. The molecule has 0 saturated heterocycles. The minimum absolute atomic E-state index is 0.117. The van der Waals surface area contributed by atoms with Crippen LogP contribution in [0, 0.1) is 10.1 Å². The van der Waals surface area contributed by atoms with Gasteiger partial charge in [-0.1, -0.05) is 41.9 Å².